The van der Waals surface area contributed by atoms with Gasteiger partial charge in [-0.1, -0.05) is 53.5 Å². The minimum atomic E-state index is -0.778. The Morgan fingerprint density at radius 1 is 0.905 bits per heavy atom. The lowest BCUT2D eigenvalue weighted by atomic mass is 10.0. The van der Waals surface area contributed by atoms with Crippen LogP contribution in [0.15, 0.2) is 54.6 Å². The standard InChI is InChI=1S/C17H13Cl2NO/c18-13-5-3-6-14(19)17(13)16(21)10-12-9-8-11-4-1-2-7-15(11)20-12/h1-9,16,21H,10H2/t16-/m0/s1. The van der Waals surface area contributed by atoms with E-state index in [0.717, 1.165) is 16.6 Å². The number of para-hydroxylation sites is 1. The van der Waals surface area contributed by atoms with E-state index < -0.39 is 6.10 Å². The van der Waals surface area contributed by atoms with Crippen LogP contribution < -0.4 is 0 Å². The highest BCUT2D eigenvalue weighted by molar-refractivity contribution is 6.36. The van der Waals surface area contributed by atoms with E-state index in [1.165, 1.54) is 0 Å². The largest absolute Gasteiger partial charge is 0.388 e. The van der Waals surface area contributed by atoms with Crippen molar-refractivity contribution in [3.8, 4) is 0 Å². The van der Waals surface area contributed by atoms with Crippen molar-refractivity contribution < 1.29 is 5.11 Å². The van der Waals surface area contributed by atoms with Crippen LogP contribution in [0.5, 0.6) is 0 Å². The number of fused-ring (bicyclic) bond motifs is 1. The third kappa shape index (κ3) is 3.03. The molecule has 3 rings (SSSR count). The molecule has 21 heavy (non-hydrogen) atoms. The average Bonchev–Trinajstić information content (AvgIpc) is 2.47. The van der Waals surface area contributed by atoms with E-state index in [-0.39, 0.29) is 0 Å². The maximum absolute atomic E-state index is 10.4. The van der Waals surface area contributed by atoms with Gasteiger partial charge in [0.1, 0.15) is 0 Å². The molecule has 0 aliphatic heterocycles. The minimum Gasteiger partial charge on any atom is -0.388 e. The Labute approximate surface area is 133 Å². The summed E-state index contributed by atoms with van der Waals surface area (Å²) < 4.78 is 0. The zero-order chi connectivity index (χ0) is 14.8. The van der Waals surface area contributed by atoms with Gasteiger partial charge in [0, 0.05) is 33.1 Å². The zero-order valence-corrected chi connectivity index (χ0v) is 12.6. The van der Waals surface area contributed by atoms with Gasteiger partial charge in [-0.15, -0.1) is 0 Å². The first-order valence-electron chi connectivity index (χ1n) is 6.62. The van der Waals surface area contributed by atoms with Gasteiger partial charge < -0.3 is 5.11 Å². The Hall–Kier alpha value is -1.61. The van der Waals surface area contributed by atoms with E-state index in [0.29, 0.717) is 22.0 Å². The van der Waals surface area contributed by atoms with Gasteiger partial charge in [-0.25, -0.2) is 0 Å². The normalized spacial score (nSPS) is 12.5. The molecule has 0 unspecified atom stereocenters. The zero-order valence-electron chi connectivity index (χ0n) is 11.1. The molecule has 0 amide bonds. The number of aromatic nitrogens is 1. The first-order chi connectivity index (χ1) is 10.1. The number of aliphatic hydroxyl groups excluding tert-OH is 1. The average molecular weight is 318 g/mol. The topological polar surface area (TPSA) is 33.1 Å². The molecule has 4 heteroatoms. The van der Waals surface area contributed by atoms with Crippen LogP contribution in [-0.4, -0.2) is 10.1 Å². The molecule has 0 fully saturated rings. The molecule has 0 saturated heterocycles. The quantitative estimate of drug-likeness (QED) is 0.751. The summed E-state index contributed by atoms with van der Waals surface area (Å²) in [4.78, 5) is 4.55. The van der Waals surface area contributed by atoms with Crippen molar-refractivity contribution in [2.45, 2.75) is 12.5 Å². The fourth-order valence-corrected chi connectivity index (χ4v) is 3.00. The lowest BCUT2D eigenvalue weighted by Gasteiger charge is -2.14. The van der Waals surface area contributed by atoms with E-state index in [4.69, 9.17) is 23.2 Å². The molecule has 2 aromatic carbocycles. The summed E-state index contributed by atoms with van der Waals surface area (Å²) in [7, 11) is 0. The molecule has 1 atom stereocenters. The third-order valence-electron chi connectivity index (χ3n) is 3.39. The van der Waals surface area contributed by atoms with Crippen molar-refractivity contribution in [3.63, 3.8) is 0 Å². The van der Waals surface area contributed by atoms with Crippen LogP contribution in [0.4, 0.5) is 0 Å². The van der Waals surface area contributed by atoms with Gasteiger partial charge >= 0.3 is 0 Å². The number of benzene rings is 2. The second-order valence-corrected chi connectivity index (χ2v) is 5.66. The maximum Gasteiger partial charge on any atom is 0.0874 e. The molecule has 0 radical (unpaired) electrons. The SMILES string of the molecule is O[C@@H](Cc1ccc2ccccc2n1)c1c(Cl)cccc1Cl. The molecule has 0 bridgehead atoms. The van der Waals surface area contributed by atoms with Gasteiger partial charge in [-0.05, 0) is 24.3 Å². The van der Waals surface area contributed by atoms with Crippen molar-refractivity contribution in [1.29, 1.82) is 0 Å². The van der Waals surface area contributed by atoms with E-state index in [2.05, 4.69) is 4.98 Å². The maximum atomic E-state index is 10.4. The van der Waals surface area contributed by atoms with Crippen LogP contribution in [0, 0.1) is 0 Å². The second-order valence-electron chi connectivity index (χ2n) is 4.85. The first-order valence-corrected chi connectivity index (χ1v) is 7.37. The Kier molecular flexibility index (Phi) is 4.11. The number of halogens is 2. The Morgan fingerprint density at radius 3 is 2.38 bits per heavy atom. The van der Waals surface area contributed by atoms with Crippen molar-refractivity contribution in [1.82, 2.24) is 4.98 Å². The Balaban J connectivity index is 1.91. The van der Waals surface area contributed by atoms with E-state index >= 15 is 0 Å². The minimum absolute atomic E-state index is 0.369. The highest BCUT2D eigenvalue weighted by atomic mass is 35.5. The van der Waals surface area contributed by atoms with Gasteiger partial charge in [-0.3, -0.25) is 4.98 Å². The summed E-state index contributed by atoms with van der Waals surface area (Å²) >= 11 is 12.2. The van der Waals surface area contributed by atoms with Crippen molar-refractivity contribution in [3.05, 3.63) is 75.9 Å². The van der Waals surface area contributed by atoms with E-state index in [1.54, 1.807) is 18.2 Å². The van der Waals surface area contributed by atoms with Gasteiger partial charge in [0.25, 0.3) is 0 Å². The van der Waals surface area contributed by atoms with Crippen molar-refractivity contribution in [2.75, 3.05) is 0 Å². The molecule has 1 heterocycles. The molecule has 1 N–H and O–H groups in total. The molecule has 0 spiro atoms. The van der Waals surface area contributed by atoms with Gasteiger partial charge in [-0.2, -0.15) is 0 Å². The van der Waals surface area contributed by atoms with Crippen LogP contribution in [-0.2, 0) is 6.42 Å². The Morgan fingerprint density at radius 2 is 1.62 bits per heavy atom. The predicted molar refractivity (Wildman–Crippen MR) is 86.9 cm³/mol. The first kappa shape index (κ1) is 14.3. The summed E-state index contributed by atoms with van der Waals surface area (Å²) in [6.45, 7) is 0. The smallest absolute Gasteiger partial charge is 0.0874 e. The lowest BCUT2D eigenvalue weighted by molar-refractivity contribution is 0.177. The lowest BCUT2D eigenvalue weighted by Crippen LogP contribution is -2.05. The van der Waals surface area contributed by atoms with Gasteiger partial charge in [0.05, 0.1) is 11.6 Å². The number of rotatable bonds is 3. The summed E-state index contributed by atoms with van der Waals surface area (Å²) in [6, 6.07) is 17.0. The summed E-state index contributed by atoms with van der Waals surface area (Å²) in [5.74, 6) is 0. The second kappa shape index (κ2) is 6.02. The summed E-state index contributed by atoms with van der Waals surface area (Å²) in [5, 5.41) is 12.4. The molecular weight excluding hydrogens is 305 g/mol. The highest BCUT2D eigenvalue weighted by Crippen LogP contribution is 2.32. The van der Waals surface area contributed by atoms with Crippen molar-refractivity contribution in [2.24, 2.45) is 0 Å². The molecule has 3 aromatic rings. The third-order valence-corrected chi connectivity index (χ3v) is 4.05. The highest BCUT2D eigenvalue weighted by Gasteiger charge is 2.16. The van der Waals surface area contributed by atoms with E-state index in [1.807, 2.05) is 36.4 Å². The molecule has 2 nitrogen and oxygen atoms in total. The van der Waals surface area contributed by atoms with Crippen LogP contribution in [0.25, 0.3) is 10.9 Å². The van der Waals surface area contributed by atoms with Crippen LogP contribution >= 0.6 is 23.2 Å². The number of nitrogens with zero attached hydrogens (tertiary/aromatic N) is 1. The summed E-state index contributed by atoms with van der Waals surface area (Å²) in [5.41, 5.74) is 2.26. The van der Waals surface area contributed by atoms with E-state index in [9.17, 15) is 5.11 Å². The van der Waals surface area contributed by atoms with Crippen LogP contribution in [0.3, 0.4) is 0 Å². The monoisotopic (exact) mass is 317 g/mol. The fourth-order valence-electron chi connectivity index (χ4n) is 2.35. The molecule has 106 valence electrons. The molecule has 0 aliphatic carbocycles. The molecule has 0 aliphatic rings. The predicted octanol–water partition coefficient (Wildman–Crippen LogP) is 4.82. The molecular formula is C17H13Cl2NO. The van der Waals surface area contributed by atoms with Crippen LogP contribution in [0.2, 0.25) is 10.0 Å². The summed E-state index contributed by atoms with van der Waals surface area (Å²) in [6.07, 6.45) is -0.409. The van der Waals surface area contributed by atoms with Crippen molar-refractivity contribution >= 4 is 34.1 Å². The fraction of sp³-hybridized carbons (Fsp3) is 0.118. The van der Waals surface area contributed by atoms with Gasteiger partial charge in [0.15, 0.2) is 0 Å². The molecule has 1 aromatic heterocycles. The number of hydrogen-bond acceptors (Lipinski definition) is 2. The number of hydrogen-bond donors (Lipinski definition) is 1. The Bertz CT molecular complexity index is 768. The van der Waals surface area contributed by atoms with Gasteiger partial charge in [0.2, 0.25) is 0 Å². The molecule has 0 saturated carbocycles. The number of aliphatic hydroxyl groups is 1. The number of pyridine rings is 1. The van der Waals surface area contributed by atoms with Crippen LogP contribution in [0.1, 0.15) is 17.4 Å².